The Hall–Kier alpha value is -0.570. The van der Waals surface area contributed by atoms with E-state index < -0.39 is 0 Å². The average molecular weight is 156 g/mol. The van der Waals surface area contributed by atoms with Crippen molar-refractivity contribution < 1.29 is 4.74 Å². The summed E-state index contributed by atoms with van der Waals surface area (Å²) in [4.78, 5) is 4.36. The molecule has 0 bridgehead atoms. The number of nitrogens with zero attached hydrogens (tertiary/aromatic N) is 1. The number of aliphatic imine (C=N–C) groups is 1. The van der Waals surface area contributed by atoms with E-state index in [0.717, 1.165) is 12.4 Å². The molecule has 11 heavy (non-hydrogen) atoms. The molecule has 1 rings (SSSR count). The predicted octanol–water partition coefficient (Wildman–Crippen LogP) is 1.01. The lowest BCUT2D eigenvalue weighted by molar-refractivity contribution is 0.297. The fraction of sp³-hybridized carbons (Fsp3) is 0.875. The van der Waals surface area contributed by atoms with Crippen molar-refractivity contribution in [2.24, 2.45) is 10.4 Å². The minimum Gasteiger partial charge on any atom is -0.483 e. The first-order valence-corrected chi connectivity index (χ1v) is 3.88. The van der Waals surface area contributed by atoms with E-state index >= 15 is 0 Å². The topological polar surface area (TPSA) is 33.6 Å². The standard InChI is InChI=1S/C8H16N2O/c1-8(2,3)7-9-5-6(10-7)11-4/h7,9H,5H2,1-4H3. The van der Waals surface area contributed by atoms with Crippen LogP contribution in [0.3, 0.4) is 0 Å². The minimum absolute atomic E-state index is 0.181. The van der Waals surface area contributed by atoms with Crippen LogP contribution in [-0.4, -0.2) is 25.7 Å². The first-order valence-electron chi connectivity index (χ1n) is 3.88. The quantitative estimate of drug-likeness (QED) is 0.568. The number of hydrogen-bond donors (Lipinski definition) is 1. The van der Waals surface area contributed by atoms with Gasteiger partial charge in [-0.25, -0.2) is 4.99 Å². The van der Waals surface area contributed by atoms with Crippen LogP contribution < -0.4 is 5.32 Å². The molecule has 1 unspecified atom stereocenters. The van der Waals surface area contributed by atoms with Gasteiger partial charge >= 0.3 is 0 Å². The Kier molecular flexibility index (Phi) is 2.18. The zero-order valence-electron chi connectivity index (χ0n) is 7.64. The molecule has 0 spiro atoms. The molecule has 0 aliphatic carbocycles. The van der Waals surface area contributed by atoms with Crippen molar-refractivity contribution in [1.82, 2.24) is 5.32 Å². The second-order valence-corrected chi connectivity index (χ2v) is 3.88. The maximum Gasteiger partial charge on any atom is 0.199 e. The smallest absolute Gasteiger partial charge is 0.199 e. The monoisotopic (exact) mass is 156 g/mol. The van der Waals surface area contributed by atoms with Gasteiger partial charge in [-0.05, 0) is 5.41 Å². The predicted molar refractivity (Wildman–Crippen MR) is 45.7 cm³/mol. The van der Waals surface area contributed by atoms with E-state index in [9.17, 15) is 0 Å². The van der Waals surface area contributed by atoms with Gasteiger partial charge in [0.05, 0.1) is 13.7 Å². The normalized spacial score (nSPS) is 25.1. The Balaban J connectivity index is 2.59. The van der Waals surface area contributed by atoms with Crippen molar-refractivity contribution in [3.05, 3.63) is 0 Å². The second-order valence-electron chi connectivity index (χ2n) is 3.88. The summed E-state index contributed by atoms with van der Waals surface area (Å²) in [7, 11) is 1.66. The summed E-state index contributed by atoms with van der Waals surface area (Å²) in [6, 6.07) is 0. The molecule has 1 aliphatic heterocycles. The largest absolute Gasteiger partial charge is 0.483 e. The third-order valence-corrected chi connectivity index (χ3v) is 1.78. The molecule has 3 heteroatoms. The van der Waals surface area contributed by atoms with Crippen molar-refractivity contribution >= 4 is 5.90 Å². The van der Waals surface area contributed by atoms with E-state index in [1.807, 2.05) is 0 Å². The SMILES string of the molecule is COC1=NC(C(C)(C)C)NC1. The number of ether oxygens (including phenoxy) is 1. The summed E-state index contributed by atoms with van der Waals surface area (Å²) in [5, 5.41) is 3.27. The van der Waals surface area contributed by atoms with E-state index in [-0.39, 0.29) is 11.6 Å². The highest BCUT2D eigenvalue weighted by Gasteiger charge is 2.28. The molecule has 1 aliphatic rings. The van der Waals surface area contributed by atoms with Gasteiger partial charge in [0, 0.05) is 0 Å². The van der Waals surface area contributed by atoms with E-state index in [4.69, 9.17) is 4.74 Å². The van der Waals surface area contributed by atoms with Crippen LogP contribution in [0.1, 0.15) is 20.8 Å². The average Bonchev–Trinajstić information content (AvgIpc) is 2.32. The Bertz CT molecular complexity index is 169. The molecule has 0 saturated heterocycles. The molecule has 0 aromatic heterocycles. The van der Waals surface area contributed by atoms with Gasteiger partial charge in [0.25, 0.3) is 0 Å². The Morgan fingerprint density at radius 2 is 2.18 bits per heavy atom. The molecule has 0 aromatic carbocycles. The van der Waals surface area contributed by atoms with Crippen LogP contribution in [0, 0.1) is 5.41 Å². The van der Waals surface area contributed by atoms with Gasteiger partial charge < -0.3 is 4.74 Å². The molecule has 64 valence electrons. The summed E-state index contributed by atoms with van der Waals surface area (Å²) in [6.07, 6.45) is 0.206. The van der Waals surface area contributed by atoms with Crippen LogP contribution in [0.4, 0.5) is 0 Å². The molecular formula is C8H16N2O. The fourth-order valence-corrected chi connectivity index (χ4v) is 1.04. The third-order valence-electron chi connectivity index (χ3n) is 1.78. The summed E-state index contributed by atoms with van der Waals surface area (Å²) in [6.45, 7) is 7.24. The van der Waals surface area contributed by atoms with Crippen molar-refractivity contribution in [2.45, 2.75) is 26.9 Å². The van der Waals surface area contributed by atoms with Crippen LogP contribution in [0.5, 0.6) is 0 Å². The van der Waals surface area contributed by atoms with Gasteiger partial charge in [-0.1, -0.05) is 20.8 Å². The summed E-state index contributed by atoms with van der Waals surface area (Å²) >= 11 is 0. The fourth-order valence-electron chi connectivity index (χ4n) is 1.04. The maximum atomic E-state index is 5.02. The summed E-state index contributed by atoms with van der Waals surface area (Å²) in [5.41, 5.74) is 0.181. The highest BCUT2D eigenvalue weighted by molar-refractivity contribution is 5.79. The molecule has 0 radical (unpaired) electrons. The molecule has 1 N–H and O–H groups in total. The van der Waals surface area contributed by atoms with Crippen LogP contribution in [0.2, 0.25) is 0 Å². The van der Waals surface area contributed by atoms with Gasteiger partial charge in [-0.3, -0.25) is 5.32 Å². The molecule has 1 heterocycles. The Labute approximate surface area is 67.8 Å². The van der Waals surface area contributed by atoms with Gasteiger partial charge in [-0.15, -0.1) is 0 Å². The summed E-state index contributed by atoms with van der Waals surface area (Å²) in [5.74, 6) is 0.810. The maximum absolute atomic E-state index is 5.02. The van der Waals surface area contributed by atoms with E-state index in [0.29, 0.717) is 0 Å². The van der Waals surface area contributed by atoms with Gasteiger partial charge in [-0.2, -0.15) is 0 Å². The molecule has 0 saturated carbocycles. The Morgan fingerprint density at radius 3 is 2.45 bits per heavy atom. The van der Waals surface area contributed by atoms with Crippen LogP contribution in [0.15, 0.2) is 4.99 Å². The molecule has 1 atom stereocenters. The number of rotatable bonds is 0. The molecule has 0 aromatic rings. The van der Waals surface area contributed by atoms with Gasteiger partial charge in [0.2, 0.25) is 0 Å². The van der Waals surface area contributed by atoms with Gasteiger partial charge in [0.15, 0.2) is 5.90 Å². The zero-order chi connectivity index (χ0) is 8.48. The number of hydrogen-bond acceptors (Lipinski definition) is 3. The van der Waals surface area contributed by atoms with Crippen molar-refractivity contribution in [3.8, 4) is 0 Å². The zero-order valence-corrected chi connectivity index (χ0v) is 7.64. The highest BCUT2D eigenvalue weighted by atomic mass is 16.5. The molecule has 0 amide bonds. The van der Waals surface area contributed by atoms with Crippen LogP contribution in [-0.2, 0) is 4.74 Å². The highest BCUT2D eigenvalue weighted by Crippen LogP contribution is 2.22. The lowest BCUT2D eigenvalue weighted by Gasteiger charge is -2.23. The van der Waals surface area contributed by atoms with Crippen LogP contribution >= 0.6 is 0 Å². The second kappa shape index (κ2) is 2.81. The lowest BCUT2D eigenvalue weighted by Crippen LogP contribution is -2.35. The Morgan fingerprint density at radius 1 is 1.55 bits per heavy atom. The van der Waals surface area contributed by atoms with Crippen LogP contribution in [0.25, 0.3) is 0 Å². The summed E-state index contributed by atoms with van der Waals surface area (Å²) < 4.78 is 5.02. The number of methoxy groups -OCH3 is 1. The van der Waals surface area contributed by atoms with Crippen molar-refractivity contribution in [3.63, 3.8) is 0 Å². The van der Waals surface area contributed by atoms with E-state index in [1.54, 1.807) is 7.11 Å². The third kappa shape index (κ3) is 1.93. The molecule has 3 nitrogen and oxygen atoms in total. The minimum atomic E-state index is 0.181. The van der Waals surface area contributed by atoms with E-state index in [1.165, 1.54) is 0 Å². The number of nitrogens with one attached hydrogen (secondary N) is 1. The lowest BCUT2D eigenvalue weighted by atomic mass is 9.93. The molecule has 0 fully saturated rings. The first kappa shape index (κ1) is 8.53. The van der Waals surface area contributed by atoms with Crippen molar-refractivity contribution in [2.75, 3.05) is 13.7 Å². The molecular weight excluding hydrogens is 140 g/mol. The van der Waals surface area contributed by atoms with Gasteiger partial charge in [0.1, 0.15) is 6.17 Å². The van der Waals surface area contributed by atoms with E-state index in [2.05, 4.69) is 31.1 Å². The van der Waals surface area contributed by atoms with Crippen molar-refractivity contribution in [1.29, 1.82) is 0 Å². The first-order chi connectivity index (χ1) is 5.04.